The highest BCUT2D eigenvalue weighted by Crippen LogP contribution is 2.27. The number of morpholine rings is 1. The first kappa shape index (κ1) is 21.6. The maximum Gasteiger partial charge on any atom is 0.257 e. The predicted molar refractivity (Wildman–Crippen MR) is 119 cm³/mol. The number of amides is 1. The molecule has 1 fully saturated rings. The van der Waals surface area contributed by atoms with Gasteiger partial charge in [-0.1, -0.05) is 54.7 Å². The first-order valence-electron chi connectivity index (χ1n) is 9.90. The minimum Gasteiger partial charge on any atom is -0.379 e. The standard InChI is InChI=1S/C21H22N4O4S2/c1-2-15-8-9-17(14-18(15)31(27,28)25-10-12-29-13-11-25)19(26)22-21-24-23-20(30-21)16-6-4-3-5-7-16/h3-9,14H,2,10-13H2,1H3,(H,22,24,26). The van der Waals surface area contributed by atoms with Gasteiger partial charge in [-0.3, -0.25) is 10.1 Å². The molecular formula is C21H22N4O4S2. The summed E-state index contributed by atoms with van der Waals surface area (Å²) in [5.74, 6) is -0.433. The van der Waals surface area contributed by atoms with Crippen LogP contribution in [0.1, 0.15) is 22.8 Å². The Morgan fingerprint density at radius 2 is 1.87 bits per heavy atom. The summed E-state index contributed by atoms with van der Waals surface area (Å²) in [6.45, 7) is 3.22. The van der Waals surface area contributed by atoms with E-state index in [-0.39, 0.29) is 10.5 Å². The van der Waals surface area contributed by atoms with E-state index in [1.54, 1.807) is 12.1 Å². The van der Waals surface area contributed by atoms with Crippen LogP contribution in [0.3, 0.4) is 0 Å². The highest BCUT2D eigenvalue weighted by atomic mass is 32.2. The van der Waals surface area contributed by atoms with Crippen molar-refractivity contribution in [1.82, 2.24) is 14.5 Å². The second-order valence-electron chi connectivity index (χ2n) is 6.93. The van der Waals surface area contributed by atoms with Crippen LogP contribution in [0, 0.1) is 0 Å². The van der Waals surface area contributed by atoms with Gasteiger partial charge in [0.2, 0.25) is 15.2 Å². The molecule has 0 radical (unpaired) electrons. The molecule has 0 aliphatic carbocycles. The van der Waals surface area contributed by atoms with Crippen LogP contribution in [0.5, 0.6) is 0 Å². The van der Waals surface area contributed by atoms with Gasteiger partial charge in [0, 0.05) is 24.2 Å². The minimum atomic E-state index is -3.72. The molecule has 1 aliphatic heterocycles. The highest BCUT2D eigenvalue weighted by Gasteiger charge is 2.29. The zero-order valence-electron chi connectivity index (χ0n) is 16.9. The molecule has 2 heterocycles. The Hall–Kier alpha value is -2.66. The van der Waals surface area contributed by atoms with Gasteiger partial charge in [-0.15, -0.1) is 10.2 Å². The summed E-state index contributed by atoms with van der Waals surface area (Å²) in [6.07, 6.45) is 0.539. The second-order valence-corrected chi connectivity index (χ2v) is 9.81. The lowest BCUT2D eigenvalue weighted by molar-refractivity contribution is 0.0730. The van der Waals surface area contributed by atoms with Crippen molar-refractivity contribution < 1.29 is 17.9 Å². The zero-order valence-corrected chi connectivity index (χ0v) is 18.6. The predicted octanol–water partition coefficient (Wildman–Crippen LogP) is 3.04. The first-order chi connectivity index (χ1) is 15.0. The minimum absolute atomic E-state index is 0.159. The Bertz CT molecular complexity index is 1170. The maximum atomic E-state index is 13.2. The molecule has 1 amide bonds. The van der Waals surface area contributed by atoms with Gasteiger partial charge in [0.15, 0.2) is 0 Å². The van der Waals surface area contributed by atoms with Gasteiger partial charge in [0.05, 0.1) is 18.1 Å². The average Bonchev–Trinajstić information content (AvgIpc) is 3.28. The first-order valence-corrected chi connectivity index (χ1v) is 12.2. The fourth-order valence-corrected chi connectivity index (χ4v) is 5.77. The molecule has 3 aromatic rings. The average molecular weight is 459 g/mol. The molecule has 10 heteroatoms. The lowest BCUT2D eigenvalue weighted by Gasteiger charge is -2.27. The summed E-state index contributed by atoms with van der Waals surface area (Å²) in [5.41, 5.74) is 1.83. The number of nitrogens with one attached hydrogen (secondary N) is 1. The van der Waals surface area contributed by atoms with Crippen LogP contribution in [-0.4, -0.2) is 55.1 Å². The summed E-state index contributed by atoms with van der Waals surface area (Å²) < 4.78 is 33.0. The van der Waals surface area contributed by atoms with Crippen LogP contribution in [0.15, 0.2) is 53.4 Å². The monoisotopic (exact) mass is 458 g/mol. The van der Waals surface area contributed by atoms with Crippen molar-refractivity contribution in [2.45, 2.75) is 18.2 Å². The molecule has 0 bridgehead atoms. The topological polar surface area (TPSA) is 101 Å². The Labute approximate surface area is 184 Å². The third kappa shape index (κ3) is 4.67. The Morgan fingerprint density at radius 1 is 1.13 bits per heavy atom. The van der Waals surface area contributed by atoms with E-state index in [2.05, 4.69) is 15.5 Å². The summed E-state index contributed by atoms with van der Waals surface area (Å²) in [7, 11) is -3.72. The van der Waals surface area contributed by atoms with Crippen molar-refractivity contribution in [3.05, 3.63) is 59.7 Å². The Balaban J connectivity index is 1.58. The molecule has 1 aromatic heterocycles. The zero-order chi connectivity index (χ0) is 21.8. The number of aryl methyl sites for hydroxylation is 1. The van der Waals surface area contributed by atoms with Gasteiger partial charge in [-0.25, -0.2) is 8.42 Å². The van der Waals surface area contributed by atoms with E-state index in [0.29, 0.717) is 48.4 Å². The largest absolute Gasteiger partial charge is 0.379 e. The Kier molecular flexibility index (Phi) is 6.42. The van der Waals surface area contributed by atoms with E-state index >= 15 is 0 Å². The van der Waals surface area contributed by atoms with Gasteiger partial charge >= 0.3 is 0 Å². The van der Waals surface area contributed by atoms with Crippen LogP contribution in [0.4, 0.5) is 5.13 Å². The van der Waals surface area contributed by atoms with Crippen molar-refractivity contribution in [2.75, 3.05) is 31.6 Å². The van der Waals surface area contributed by atoms with E-state index in [1.807, 2.05) is 37.3 Å². The maximum absolute atomic E-state index is 13.2. The SMILES string of the molecule is CCc1ccc(C(=O)Nc2nnc(-c3ccccc3)s2)cc1S(=O)(=O)N1CCOCC1. The summed E-state index contributed by atoms with van der Waals surface area (Å²) >= 11 is 1.25. The molecule has 162 valence electrons. The van der Waals surface area contributed by atoms with Crippen LogP contribution in [0.2, 0.25) is 0 Å². The molecule has 31 heavy (non-hydrogen) atoms. The molecule has 1 N–H and O–H groups in total. The number of carbonyl (C=O) groups excluding carboxylic acids is 1. The quantitative estimate of drug-likeness (QED) is 0.609. The molecule has 1 saturated heterocycles. The van der Waals surface area contributed by atoms with Crippen molar-refractivity contribution in [3.63, 3.8) is 0 Å². The van der Waals surface area contributed by atoms with Crippen LogP contribution in [-0.2, 0) is 21.2 Å². The number of carbonyl (C=O) groups is 1. The number of anilines is 1. The van der Waals surface area contributed by atoms with E-state index in [9.17, 15) is 13.2 Å². The molecule has 1 aliphatic rings. The second kappa shape index (κ2) is 9.23. The number of rotatable bonds is 6. The number of nitrogens with zero attached hydrogens (tertiary/aromatic N) is 3. The summed E-state index contributed by atoms with van der Waals surface area (Å²) in [6, 6.07) is 14.3. The number of sulfonamides is 1. The van der Waals surface area contributed by atoms with E-state index in [1.165, 1.54) is 21.7 Å². The van der Waals surface area contributed by atoms with Crippen molar-refractivity contribution >= 4 is 32.4 Å². The molecule has 0 unspecified atom stereocenters. The van der Waals surface area contributed by atoms with Gasteiger partial charge in [0.25, 0.3) is 5.91 Å². The third-order valence-electron chi connectivity index (χ3n) is 4.96. The highest BCUT2D eigenvalue weighted by molar-refractivity contribution is 7.89. The fourth-order valence-electron chi connectivity index (χ4n) is 3.29. The number of aromatic nitrogens is 2. The van der Waals surface area contributed by atoms with Crippen LogP contribution in [0.25, 0.3) is 10.6 Å². The normalized spacial score (nSPS) is 15.0. The fraction of sp³-hybridized carbons (Fsp3) is 0.286. The molecule has 8 nitrogen and oxygen atoms in total. The Morgan fingerprint density at radius 3 is 2.58 bits per heavy atom. The molecule has 0 atom stereocenters. The van der Waals surface area contributed by atoms with Gasteiger partial charge in [-0.2, -0.15) is 4.31 Å². The molecule has 0 spiro atoms. The van der Waals surface area contributed by atoms with Gasteiger partial charge in [-0.05, 0) is 24.1 Å². The van der Waals surface area contributed by atoms with Gasteiger partial charge in [0.1, 0.15) is 5.01 Å². The number of hydrogen-bond donors (Lipinski definition) is 1. The van der Waals surface area contributed by atoms with Crippen LogP contribution < -0.4 is 5.32 Å². The lowest BCUT2D eigenvalue weighted by Crippen LogP contribution is -2.41. The van der Waals surface area contributed by atoms with E-state index < -0.39 is 15.9 Å². The van der Waals surface area contributed by atoms with Crippen molar-refractivity contribution in [3.8, 4) is 10.6 Å². The summed E-state index contributed by atoms with van der Waals surface area (Å²) in [5, 5.41) is 11.9. The van der Waals surface area contributed by atoms with Crippen molar-refractivity contribution in [2.24, 2.45) is 0 Å². The van der Waals surface area contributed by atoms with E-state index in [0.717, 1.165) is 5.56 Å². The molecule has 2 aromatic carbocycles. The molecule has 0 saturated carbocycles. The van der Waals surface area contributed by atoms with Gasteiger partial charge < -0.3 is 4.74 Å². The lowest BCUT2D eigenvalue weighted by atomic mass is 10.1. The number of hydrogen-bond acceptors (Lipinski definition) is 7. The summed E-state index contributed by atoms with van der Waals surface area (Å²) in [4.78, 5) is 13.0. The third-order valence-corrected chi connectivity index (χ3v) is 7.83. The molecular weight excluding hydrogens is 436 g/mol. The smallest absolute Gasteiger partial charge is 0.257 e. The van der Waals surface area contributed by atoms with Crippen LogP contribution >= 0.6 is 11.3 Å². The van der Waals surface area contributed by atoms with Crippen molar-refractivity contribution in [1.29, 1.82) is 0 Å². The molecule has 4 rings (SSSR count). The number of ether oxygens (including phenoxy) is 1. The van der Waals surface area contributed by atoms with E-state index in [4.69, 9.17) is 4.74 Å². The number of benzene rings is 2.